The molecule has 1 unspecified atom stereocenters. The lowest BCUT2D eigenvalue weighted by Gasteiger charge is -2.25. The second kappa shape index (κ2) is 9.59. The molecule has 1 aliphatic heterocycles. The molecule has 37 heavy (non-hydrogen) atoms. The fourth-order valence-electron chi connectivity index (χ4n) is 4.48. The first-order valence-electron chi connectivity index (χ1n) is 11.4. The largest absolute Gasteiger partial charge is 0.507 e. The Bertz CT molecular complexity index is 1570. The quantitative estimate of drug-likeness (QED) is 0.212. The molecule has 9 heteroatoms. The van der Waals surface area contributed by atoms with Crippen LogP contribution in [0.1, 0.15) is 22.9 Å². The van der Waals surface area contributed by atoms with E-state index in [9.17, 15) is 14.7 Å². The van der Waals surface area contributed by atoms with E-state index >= 15 is 0 Å². The second-order valence-electron chi connectivity index (χ2n) is 8.48. The molecule has 1 aliphatic rings. The van der Waals surface area contributed by atoms with Crippen molar-refractivity contribution in [3.05, 3.63) is 82.4 Å². The number of carbonyl (C=O) groups is 2. The summed E-state index contributed by atoms with van der Waals surface area (Å²) in [5.41, 5.74) is 1.54. The number of Topliss-reactive ketones (excluding diaryl/α,β-unsaturated/α-hetero) is 1. The van der Waals surface area contributed by atoms with Crippen LogP contribution in [0.2, 0.25) is 0 Å². The highest BCUT2D eigenvalue weighted by Gasteiger charge is 2.49. The Balaban J connectivity index is 1.75. The van der Waals surface area contributed by atoms with E-state index < -0.39 is 17.7 Å². The SMILES string of the molecule is COc1ccc(OC)c(C2/C(=C(\O)c3ccc4cc(OC)ccc4c3)C(=O)C(=O)N2c2nc(C)cs2)c1. The summed E-state index contributed by atoms with van der Waals surface area (Å²) >= 11 is 1.24. The Hall–Kier alpha value is -4.37. The fourth-order valence-corrected chi connectivity index (χ4v) is 5.31. The van der Waals surface area contributed by atoms with Gasteiger partial charge >= 0.3 is 5.91 Å². The van der Waals surface area contributed by atoms with Crippen LogP contribution in [0.15, 0.2) is 65.6 Å². The number of rotatable bonds is 6. The summed E-state index contributed by atoms with van der Waals surface area (Å²) in [6.45, 7) is 1.81. The van der Waals surface area contributed by atoms with Gasteiger partial charge in [-0.2, -0.15) is 0 Å². The molecule has 5 rings (SSSR count). The number of benzene rings is 3. The minimum Gasteiger partial charge on any atom is -0.507 e. The smallest absolute Gasteiger partial charge is 0.301 e. The Morgan fingerprint density at radius 1 is 0.919 bits per heavy atom. The normalized spacial score (nSPS) is 16.9. The molecular weight excluding hydrogens is 492 g/mol. The van der Waals surface area contributed by atoms with Crippen LogP contribution in [0.3, 0.4) is 0 Å². The number of nitrogens with zero attached hydrogens (tertiary/aromatic N) is 2. The molecule has 1 amide bonds. The van der Waals surface area contributed by atoms with Crippen molar-refractivity contribution in [2.24, 2.45) is 0 Å². The van der Waals surface area contributed by atoms with Crippen LogP contribution in [0, 0.1) is 6.92 Å². The number of aliphatic hydroxyl groups is 1. The first kappa shape index (κ1) is 24.3. The number of fused-ring (bicyclic) bond motifs is 1. The van der Waals surface area contributed by atoms with E-state index in [1.54, 1.807) is 42.8 Å². The minimum absolute atomic E-state index is 0.0581. The average molecular weight is 517 g/mol. The summed E-state index contributed by atoms with van der Waals surface area (Å²) in [4.78, 5) is 32.6. The molecule has 3 aromatic carbocycles. The lowest BCUT2D eigenvalue weighted by molar-refractivity contribution is -0.132. The van der Waals surface area contributed by atoms with E-state index in [4.69, 9.17) is 14.2 Å². The van der Waals surface area contributed by atoms with E-state index in [1.807, 2.05) is 31.2 Å². The van der Waals surface area contributed by atoms with Gasteiger partial charge in [0, 0.05) is 16.5 Å². The summed E-state index contributed by atoms with van der Waals surface area (Å²) < 4.78 is 16.3. The zero-order chi connectivity index (χ0) is 26.3. The Labute approximate surface area is 217 Å². The van der Waals surface area contributed by atoms with Gasteiger partial charge in [-0.15, -0.1) is 11.3 Å². The Morgan fingerprint density at radius 3 is 2.27 bits per heavy atom. The molecule has 0 radical (unpaired) electrons. The number of thiazole rings is 1. The summed E-state index contributed by atoms with van der Waals surface area (Å²) in [6, 6.07) is 15.0. The van der Waals surface area contributed by atoms with E-state index in [-0.39, 0.29) is 11.3 Å². The standard InChI is InChI=1S/C28H24N2O6S/c1-15-14-37-28(29-15)30-24(21-13-20(35-3)9-10-22(21)36-4)23(26(32)27(30)33)25(31)18-6-5-17-12-19(34-2)8-7-16(17)11-18/h5-14,24,31H,1-4H3/b25-23+. The van der Waals surface area contributed by atoms with Gasteiger partial charge in [0.25, 0.3) is 5.78 Å². The van der Waals surface area contributed by atoms with Crippen molar-refractivity contribution in [2.45, 2.75) is 13.0 Å². The third-order valence-corrected chi connectivity index (χ3v) is 7.27. The molecule has 0 saturated carbocycles. The van der Waals surface area contributed by atoms with Crippen molar-refractivity contribution in [3.8, 4) is 17.2 Å². The lowest BCUT2D eigenvalue weighted by atomic mass is 9.94. The third-order valence-electron chi connectivity index (χ3n) is 6.31. The molecule has 0 aliphatic carbocycles. The summed E-state index contributed by atoms with van der Waals surface area (Å²) in [6.07, 6.45) is 0. The highest BCUT2D eigenvalue weighted by Crippen LogP contribution is 2.46. The number of hydrogen-bond donors (Lipinski definition) is 1. The molecular formula is C28H24N2O6S. The maximum atomic E-state index is 13.5. The first-order valence-corrected chi connectivity index (χ1v) is 12.3. The van der Waals surface area contributed by atoms with Gasteiger partial charge in [-0.1, -0.05) is 18.2 Å². The molecule has 188 valence electrons. The molecule has 0 spiro atoms. The third kappa shape index (κ3) is 4.17. The number of ether oxygens (including phenoxy) is 3. The number of methoxy groups -OCH3 is 3. The van der Waals surface area contributed by atoms with Crippen molar-refractivity contribution in [2.75, 3.05) is 26.2 Å². The van der Waals surface area contributed by atoms with Gasteiger partial charge in [0.2, 0.25) is 0 Å². The lowest BCUT2D eigenvalue weighted by Crippen LogP contribution is -2.29. The minimum atomic E-state index is -0.984. The molecule has 1 atom stereocenters. The number of aliphatic hydroxyl groups excluding tert-OH is 1. The van der Waals surface area contributed by atoms with Gasteiger partial charge in [-0.3, -0.25) is 14.5 Å². The highest BCUT2D eigenvalue weighted by molar-refractivity contribution is 7.14. The van der Waals surface area contributed by atoms with Crippen LogP contribution in [-0.4, -0.2) is 43.1 Å². The number of hydrogen-bond acceptors (Lipinski definition) is 8. The Kier molecular flexibility index (Phi) is 6.31. The molecule has 1 aromatic heterocycles. The van der Waals surface area contributed by atoms with Gasteiger partial charge in [-0.05, 0) is 54.1 Å². The van der Waals surface area contributed by atoms with Crippen molar-refractivity contribution in [1.82, 2.24) is 4.98 Å². The van der Waals surface area contributed by atoms with Gasteiger partial charge in [0.05, 0.1) is 32.6 Å². The van der Waals surface area contributed by atoms with Gasteiger partial charge in [0.15, 0.2) is 5.13 Å². The summed E-state index contributed by atoms with van der Waals surface area (Å²) in [7, 11) is 4.62. The zero-order valence-electron chi connectivity index (χ0n) is 20.6. The number of ketones is 1. The first-order chi connectivity index (χ1) is 17.9. The van der Waals surface area contributed by atoms with E-state index in [2.05, 4.69) is 4.98 Å². The van der Waals surface area contributed by atoms with Crippen LogP contribution < -0.4 is 19.1 Å². The molecule has 2 heterocycles. The molecule has 1 N–H and O–H groups in total. The predicted molar refractivity (Wildman–Crippen MR) is 142 cm³/mol. The highest BCUT2D eigenvalue weighted by atomic mass is 32.1. The maximum Gasteiger partial charge on any atom is 0.301 e. The monoisotopic (exact) mass is 516 g/mol. The van der Waals surface area contributed by atoms with Crippen molar-refractivity contribution < 1.29 is 28.9 Å². The van der Waals surface area contributed by atoms with Gasteiger partial charge in [0.1, 0.15) is 29.0 Å². The number of anilines is 1. The topological polar surface area (TPSA) is 98.2 Å². The van der Waals surface area contributed by atoms with Gasteiger partial charge in [-0.25, -0.2) is 4.98 Å². The summed E-state index contributed by atoms with van der Waals surface area (Å²) in [5, 5.41) is 15.4. The Morgan fingerprint density at radius 2 is 1.59 bits per heavy atom. The zero-order valence-corrected chi connectivity index (χ0v) is 21.5. The van der Waals surface area contributed by atoms with Gasteiger partial charge < -0.3 is 19.3 Å². The van der Waals surface area contributed by atoms with Crippen LogP contribution in [-0.2, 0) is 9.59 Å². The maximum absolute atomic E-state index is 13.5. The average Bonchev–Trinajstić information content (AvgIpc) is 3.46. The van der Waals surface area contributed by atoms with Crippen molar-refractivity contribution in [1.29, 1.82) is 0 Å². The predicted octanol–water partition coefficient (Wildman–Crippen LogP) is 5.26. The van der Waals surface area contributed by atoms with E-state index in [0.29, 0.717) is 39.2 Å². The molecule has 0 bridgehead atoms. The molecule has 1 fully saturated rings. The van der Waals surface area contributed by atoms with E-state index in [1.165, 1.54) is 30.5 Å². The molecule has 8 nitrogen and oxygen atoms in total. The second-order valence-corrected chi connectivity index (χ2v) is 9.31. The fraction of sp³-hybridized carbons (Fsp3) is 0.179. The van der Waals surface area contributed by atoms with Crippen molar-refractivity contribution in [3.63, 3.8) is 0 Å². The van der Waals surface area contributed by atoms with Crippen LogP contribution >= 0.6 is 11.3 Å². The molecule has 4 aromatic rings. The van der Waals surface area contributed by atoms with E-state index in [0.717, 1.165) is 10.8 Å². The number of aromatic nitrogens is 1. The number of aryl methyl sites for hydroxylation is 1. The number of amides is 1. The van der Waals surface area contributed by atoms with Crippen molar-refractivity contribution >= 4 is 44.7 Å². The number of carbonyl (C=O) groups excluding carboxylic acids is 2. The van der Waals surface area contributed by atoms with Crippen LogP contribution in [0.4, 0.5) is 5.13 Å². The molecule has 1 saturated heterocycles. The summed E-state index contributed by atoms with van der Waals surface area (Å²) in [5.74, 6) is -0.231. The van der Waals surface area contributed by atoms with Crippen LogP contribution in [0.25, 0.3) is 16.5 Å². The van der Waals surface area contributed by atoms with Crippen LogP contribution in [0.5, 0.6) is 17.2 Å².